The van der Waals surface area contributed by atoms with Crippen LogP contribution in [0.5, 0.6) is 11.5 Å². The molecule has 10 nitrogen and oxygen atoms in total. The van der Waals surface area contributed by atoms with Gasteiger partial charge in [0.05, 0.1) is 62.9 Å². The van der Waals surface area contributed by atoms with Crippen LogP contribution in [0.2, 0.25) is 15.1 Å². The molecule has 58 heavy (non-hydrogen) atoms. The van der Waals surface area contributed by atoms with Crippen molar-refractivity contribution in [1.29, 1.82) is 0 Å². The van der Waals surface area contributed by atoms with Gasteiger partial charge in [0.2, 0.25) is 0 Å². The summed E-state index contributed by atoms with van der Waals surface area (Å²) in [7, 11) is 2.88. The lowest BCUT2D eigenvalue weighted by Crippen LogP contribution is -2.17. The SMILES string of the molecule is COc1cc(-c2cc(F)c(NC(=O)c3ccccc3C(=O)O)c(Cl)c2)ccc1Cl.COc1ccc(F)c(-c2cc(F)c(NC(=O)c3ccccc3C(=O)O)c(Cl)c2)c1. The summed E-state index contributed by atoms with van der Waals surface area (Å²) in [5, 5.41) is 23.2. The highest BCUT2D eigenvalue weighted by atomic mass is 35.5. The summed E-state index contributed by atoms with van der Waals surface area (Å²) in [6.07, 6.45) is 0. The second-order valence-corrected chi connectivity index (χ2v) is 13.2. The molecule has 6 aromatic carbocycles. The maximum absolute atomic E-state index is 14.7. The number of ether oxygens (including phenoxy) is 2. The van der Waals surface area contributed by atoms with E-state index in [4.69, 9.17) is 44.3 Å². The fraction of sp³-hybridized carbons (Fsp3) is 0.0476. The van der Waals surface area contributed by atoms with Crippen molar-refractivity contribution in [3.63, 3.8) is 0 Å². The van der Waals surface area contributed by atoms with Crippen LogP contribution < -0.4 is 20.1 Å². The number of carboxylic acid groups (broad SMARTS) is 2. The maximum Gasteiger partial charge on any atom is 0.336 e. The number of carboxylic acids is 2. The monoisotopic (exact) mass is 850 g/mol. The van der Waals surface area contributed by atoms with Crippen molar-refractivity contribution in [2.75, 3.05) is 24.9 Å². The number of hydrogen-bond donors (Lipinski definition) is 4. The Kier molecular flexibility index (Phi) is 13.7. The van der Waals surface area contributed by atoms with Gasteiger partial charge in [0.1, 0.15) is 29.0 Å². The first-order chi connectivity index (χ1) is 27.6. The fourth-order valence-corrected chi connectivity index (χ4v) is 6.20. The molecule has 0 spiro atoms. The van der Waals surface area contributed by atoms with Gasteiger partial charge in [-0.1, -0.05) is 65.1 Å². The largest absolute Gasteiger partial charge is 0.497 e. The highest BCUT2D eigenvalue weighted by Crippen LogP contribution is 2.37. The van der Waals surface area contributed by atoms with Crippen molar-refractivity contribution < 1.29 is 52.0 Å². The molecule has 6 aromatic rings. The third-order valence-electron chi connectivity index (χ3n) is 8.33. The van der Waals surface area contributed by atoms with Crippen molar-refractivity contribution >= 4 is 69.9 Å². The molecule has 2 amide bonds. The molecule has 16 heteroatoms. The lowest BCUT2D eigenvalue weighted by Gasteiger charge is -2.13. The Labute approximate surface area is 343 Å². The minimum atomic E-state index is -1.30. The zero-order chi connectivity index (χ0) is 42.3. The highest BCUT2D eigenvalue weighted by molar-refractivity contribution is 6.35. The van der Waals surface area contributed by atoms with E-state index < -0.39 is 41.2 Å². The van der Waals surface area contributed by atoms with Crippen LogP contribution in [0, 0.1) is 17.5 Å². The molecular formula is C42H28Cl3F3N2O8. The number of carbonyl (C=O) groups is 4. The smallest absolute Gasteiger partial charge is 0.336 e. The summed E-state index contributed by atoms with van der Waals surface area (Å²) in [5.74, 6) is -5.69. The third-order valence-corrected chi connectivity index (χ3v) is 9.24. The zero-order valence-electron chi connectivity index (χ0n) is 30.0. The van der Waals surface area contributed by atoms with Crippen molar-refractivity contribution in [2.24, 2.45) is 0 Å². The Balaban J connectivity index is 0.000000221. The molecule has 0 heterocycles. The van der Waals surface area contributed by atoms with Crippen LogP contribution in [0.3, 0.4) is 0 Å². The number of anilines is 2. The molecule has 0 aliphatic rings. The fourth-order valence-electron chi connectivity index (χ4n) is 5.50. The number of nitrogens with one attached hydrogen (secondary N) is 2. The van der Waals surface area contributed by atoms with Crippen LogP contribution in [0.25, 0.3) is 22.3 Å². The van der Waals surface area contributed by atoms with Gasteiger partial charge in [0.25, 0.3) is 11.8 Å². The van der Waals surface area contributed by atoms with Gasteiger partial charge in [0.15, 0.2) is 0 Å². The van der Waals surface area contributed by atoms with Crippen LogP contribution in [0.1, 0.15) is 41.4 Å². The molecule has 0 bridgehead atoms. The van der Waals surface area contributed by atoms with Gasteiger partial charge in [-0.25, -0.2) is 22.8 Å². The van der Waals surface area contributed by atoms with Crippen LogP contribution in [-0.4, -0.2) is 48.2 Å². The number of carbonyl (C=O) groups excluding carboxylic acids is 2. The van der Waals surface area contributed by atoms with Crippen LogP contribution in [0.15, 0.2) is 109 Å². The van der Waals surface area contributed by atoms with Gasteiger partial charge in [0, 0.05) is 5.56 Å². The summed E-state index contributed by atoms with van der Waals surface area (Å²) in [4.78, 5) is 47.5. The molecule has 4 N–H and O–H groups in total. The molecule has 0 fully saturated rings. The minimum Gasteiger partial charge on any atom is -0.497 e. The number of methoxy groups -OCH3 is 2. The average Bonchev–Trinajstić information content (AvgIpc) is 3.20. The second-order valence-electron chi connectivity index (χ2n) is 11.9. The van der Waals surface area contributed by atoms with E-state index in [1.807, 2.05) is 0 Å². The van der Waals surface area contributed by atoms with Gasteiger partial charge >= 0.3 is 11.9 Å². The van der Waals surface area contributed by atoms with Gasteiger partial charge < -0.3 is 30.3 Å². The highest BCUT2D eigenvalue weighted by Gasteiger charge is 2.22. The van der Waals surface area contributed by atoms with E-state index in [0.717, 1.165) is 6.07 Å². The lowest BCUT2D eigenvalue weighted by atomic mass is 10.0. The molecule has 0 saturated heterocycles. The number of aromatic carboxylic acids is 2. The third kappa shape index (κ3) is 9.69. The molecule has 0 unspecified atom stereocenters. The molecule has 296 valence electrons. The summed E-state index contributed by atoms with van der Waals surface area (Å²) in [6, 6.07) is 25.0. The van der Waals surface area contributed by atoms with Crippen molar-refractivity contribution in [3.8, 4) is 33.8 Å². The Hall–Kier alpha value is -6.54. The predicted molar refractivity (Wildman–Crippen MR) is 214 cm³/mol. The lowest BCUT2D eigenvalue weighted by molar-refractivity contribution is 0.0683. The first-order valence-corrected chi connectivity index (χ1v) is 17.7. The van der Waals surface area contributed by atoms with Crippen LogP contribution >= 0.6 is 34.8 Å². The first kappa shape index (κ1) is 42.6. The molecule has 0 aliphatic heterocycles. The van der Waals surface area contributed by atoms with E-state index >= 15 is 0 Å². The average molecular weight is 852 g/mol. The zero-order valence-corrected chi connectivity index (χ0v) is 32.3. The number of halogens is 6. The van der Waals surface area contributed by atoms with Crippen LogP contribution in [0.4, 0.5) is 24.5 Å². The normalized spacial score (nSPS) is 10.5. The maximum atomic E-state index is 14.7. The van der Waals surface area contributed by atoms with E-state index in [0.29, 0.717) is 27.6 Å². The number of rotatable bonds is 10. The van der Waals surface area contributed by atoms with Gasteiger partial charge in [-0.15, -0.1) is 0 Å². The van der Waals surface area contributed by atoms with Crippen molar-refractivity contribution in [1.82, 2.24) is 0 Å². The summed E-state index contributed by atoms with van der Waals surface area (Å²) < 4.78 is 53.8. The van der Waals surface area contributed by atoms with Crippen molar-refractivity contribution in [3.05, 3.63) is 164 Å². The standard InChI is InChI=1S/C21H14Cl2FNO4.C21H14ClF2NO4/c1-29-18-10-11(6-7-15(18)22)12-8-16(23)19(17(24)9-12)25-20(26)13-4-2-3-5-14(13)21(27)28;1-29-12-6-7-17(23)15(10-12)11-8-16(22)19(18(24)9-11)25-20(26)13-4-2-3-5-14(13)21(27)28/h2*2-10H,1H3,(H,25,26)(H,27,28). The number of hydrogen-bond acceptors (Lipinski definition) is 6. The molecule has 0 radical (unpaired) electrons. The van der Waals surface area contributed by atoms with E-state index in [1.54, 1.807) is 18.2 Å². The van der Waals surface area contributed by atoms with Crippen LogP contribution in [-0.2, 0) is 0 Å². The summed E-state index contributed by atoms with van der Waals surface area (Å²) >= 11 is 18.3. The Morgan fingerprint density at radius 2 is 1.00 bits per heavy atom. The van der Waals surface area contributed by atoms with E-state index in [1.165, 1.54) is 99.1 Å². The van der Waals surface area contributed by atoms with E-state index in [-0.39, 0.29) is 54.8 Å². The molecule has 0 saturated carbocycles. The number of amides is 2. The Morgan fingerprint density at radius 1 is 0.517 bits per heavy atom. The Bertz CT molecular complexity index is 2540. The summed E-state index contributed by atoms with van der Waals surface area (Å²) in [5.41, 5.74) is -0.0199. The summed E-state index contributed by atoms with van der Waals surface area (Å²) in [6.45, 7) is 0. The Morgan fingerprint density at radius 3 is 1.47 bits per heavy atom. The molecular weight excluding hydrogens is 824 g/mol. The molecule has 0 aliphatic carbocycles. The molecule has 0 atom stereocenters. The van der Waals surface area contributed by atoms with Gasteiger partial charge in [-0.05, 0) is 95.6 Å². The van der Waals surface area contributed by atoms with Gasteiger partial charge in [-0.2, -0.15) is 0 Å². The first-order valence-electron chi connectivity index (χ1n) is 16.6. The van der Waals surface area contributed by atoms with Crippen molar-refractivity contribution in [2.45, 2.75) is 0 Å². The number of benzene rings is 6. The minimum absolute atomic E-state index is 0.0462. The van der Waals surface area contributed by atoms with Gasteiger partial charge in [-0.3, -0.25) is 9.59 Å². The second kappa shape index (κ2) is 18.6. The predicted octanol–water partition coefficient (Wildman–Crippen LogP) is 11.0. The quantitative estimate of drug-likeness (QED) is 0.106. The molecule has 6 rings (SSSR count). The topological polar surface area (TPSA) is 151 Å². The van der Waals surface area contributed by atoms with E-state index in [2.05, 4.69) is 10.6 Å². The van der Waals surface area contributed by atoms with E-state index in [9.17, 15) is 42.6 Å². The molecule has 0 aromatic heterocycles.